The highest BCUT2D eigenvalue weighted by Crippen LogP contribution is 2.35. The number of nitrogens with zero attached hydrogens (tertiary/aromatic N) is 1. The molecule has 0 spiro atoms. The van der Waals surface area contributed by atoms with Gasteiger partial charge in [0, 0.05) is 16.6 Å². The van der Waals surface area contributed by atoms with Gasteiger partial charge in [0.25, 0.3) is 0 Å². The Labute approximate surface area is 201 Å². The summed E-state index contributed by atoms with van der Waals surface area (Å²) in [5.74, 6) is 0.975. The highest BCUT2D eigenvalue weighted by Gasteiger charge is 2.15. The maximum absolute atomic E-state index is 5.80. The molecule has 32 heavy (non-hydrogen) atoms. The predicted molar refractivity (Wildman–Crippen MR) is 140 cm³/mol. The standard InChI is InChI=1S/C29H32BrNO/c1-21-17-25(20-31-15-8-5-9-16-31)29(32-3)19-24(21)18-28(30)27-14-10-13-26(22(27)2)23-11-6-4-7-12-23/h4,6-7,10-14,17-19H,5,8-9,15-16,20H2,1-3H3/b28-18-. The minimum Gasteiger partial charge on any atom is -0.496 e. The molecule has 1 fully saturated rings. The first-order chi connectivity index (χ1) is 15.6. The van der Waals surface area contributed by atoms with E-state index in [1.54, 1.807) is 7.11 Å². The third-order valence-electron chi connectivity index (χ3n) is 6.47. The molecule has 3 aromatic carbocycles. The SMILES string of the molecule is COc1cc(/C=C(\Br)c2cccc(-c3ccccc3)c2C)c(C)cc1CN1CCCCC1. The van der Waals surface area contributed by atoms with Crippen LogP contribution in [-0.2, 0) is 6.54 Å². The minimum absolute atomic E-state index is 0.966. The van der Waals surface area contributed by atoms with E-state index in [-0.39, 0.29) is 0 Å². The molecule has 0 unspecified atom stereocenters. The summed E-state index contributed by atoms with van der Waals surface area (Å²) < 4.78 is 6.88. The second kappa shape index (κ2) is 10.5. The number of methoxy groups -OCH3 is 1. The molecule has 3 heteroatoms. The molecule has 0 saturated carbocycles. The first-order valence-corrected chi connectivity index (χ1v) is 12.3. The van der Waals surface area contributed by atoms with Gasteiger partial charge >= 0.3 is 0 Å². The van der Waals surface area contributed by atoms with E-state index in [2.05, 4.69) is 101 Å². The van der Waals surface area contributed by atoms with Gasteiger partial charge in [0.05, 0.1) is 7.11 Å². The lowest BCUT2D eigenvalue weighted by Crippen LogP contribution is -2.29. The molecule has 0 amide bonds. The van der Waals surface area contributed by atoms with Gasteiger partial charge in [-0.2, -0.15) is 0 Å². The van der Waals surface area contributed by atoms with Gasteiger partial charge in [0.1, 0.15) is 5.75 Å². The molecular weight excluding hydrogens is 458 g/mol. The molecule has 0 radical (unpaired) electrons. The van der Waals surface area contributed by atoms with Crippen LogP contribution in [-0.4, -0.2) is 25.1 Å². The van der Waals surface area contributed by atoms with E-state index in [9.17, 15) is 0 Å². The van der Waals surface area contributed by atoms with Crippen LogP contribution in [0.2, 0.25) is 0 Å². The van der Waals surface area contributed by atoms with Crippen LogP contribution >= 0.6 is 15.9 Å². The topological polar surface area (TPSA) is 12.5 Å². The zero-order chi connectivity index (χ0) is 22.5. The fourth-order valence-corrected chi connectivity index (χ4v) is 5.31. The van der Waals surface area contributed by atoms with Crippen molar-refractivity contribution in [3.63, 3.8) is 0 Å². The van der Waals surface area contributed by atoms with E-state index >= 15 is 0 Å². The van der Waals surface area contributed by atoms with Gasteiger partial charge in [0.15, 0.2) is 0 Å². The van der Waals surface area contributed by atoms with Crippen molar-refractivity contribution >= 4 is 26.5 Å². The second-order valence-corrected chi connectivity index (χ2v) is 9.55. The van der Waals surface area contributed by atoms with Crippen molar-refractivity contribution in [1.29, 1.82) is 0 Å². The zero-order valence-electron chi connectivity index (χ0n) is 19.3. The van der Waals surface area contributed by atoms with Crippen molar-refractivity contribution in [2.45, 2.75) is 39.7 Å². The van der Waals surface area contributed by atoms with Crippen LogP contribution in [0, 0.1) is 13.8 Å². The third kappa shape index (κ3) is 5.16. The van der Waals surface area contributed by atoms with E-state index in [0.717, 1.165) is 16.8 Å². The monoisotopic (exact) mass is 489 g/mol. The summed E-state index contributed by atoms with van der Waals surface area (Å²) in [6.07, 6.45) is 6.18. The van der Waals surface area contributed by atoms with E-state index in [4.69, 9.17) is 4.74 Å². The van der Waals surface area contributed by atoms with Gasteiger partial charge in [-0.25, -0.2) is 0 Å². The number of halogens is 1. The van der Waals surface area contributed by atoms with E-state index in [1.807, 2.05) is 0 Å². The van der Waals surface area contributed by atoms with E-state index < -0.39 is 0 Å². The molecule has 3 aromatic rings. The lowest BCUT2D eigenvalue weighted by molar-refractivity contribution is 0.218. The quantitative estimate of drug-likeness (QED) is 0.326. The average Bonchev–Trinajstić information content (AvgIpc) is 2.82. The van der Waals surface area contributed by atoms with Crippen LogP contribution in [0.3, 0.4) is 0 Å². The van der Waals surface area contributed by atoms with Crippen LogP contribution in [0.25, 0.3) is 21.7 Å². The fraction of sp³-hybridized carbons (Fsp3) is 0.310. The fourth-order valence-electron chi connectivity index (χ4n) is 4.63. The highest BCUT2D eigenvalue weighted by atomic mass is 79.9. The van der Waals surface area contributed by atoms with Crippen LogP contribution in [0.15, 0.2) is 60.7 Å². The van der Waals surface area contributed by atoms with Gasteiger partial charge in [0.2, 0.25) is 0 Å². The summed E-state index contributed by atoms with van der Waals surface area (Å²) in [6, 6.07) is 21.6. The molecule has 166 valence electrons. The second-order valence-electron chi connectivity index (χ2n) is 8.69. The maximum atomic E-state index is 5.80. The summed E-state index contributed by atoms with van der Waals surface area (Å²) in [4.78, 5) is 2.55. The minimum atomic E-state index is 0.966. The molecule has 0 atom stereocenters. The normalized spacial score (nSPS) is 15.1. The van der Waals surface area contributed by atoms with Gasteiger partial charge in [-0.05, 0) is 85.3 Å². The van der Waals surface area contributed by atoms with Crippen molar-refractivity contribution in [3.05, 3.63) is 88.5 Å². The molecule has 0 N–H and O–H groups in total. The van der Waals surface area contributed by atoms with Gasteiger partial charge in [-0.1, -0.05) is 76.9 Å². The Morgan fingerprint density at radius 1 is 0.969 bits per heavy atom. The Balaban J connectivity index is 1.65. The van der Waals surface area contributed by atoms with Gasteiger partial charge < -0.3 is 4.74 Å². The molecule has 2 nitrogen and oxygen atoms in total. The Bertz CT molecular complexity index is 1100. The highest BCUT2D eigenvalue weighted by molar-refractivity contribution is 9.15. The molecule has 4 rings (SSSR count). The Kier molecular flexibility index (Phi) is 7.49. The van der Waals surface area contributed by atoms with Gasteiger partial charge in [-0.3, -0.25) is 4.90 Å². The zero-order valence-corrected chi connectivity index (χ0v) is 20.9. The van der Waals surface area contributed by atoms with Crippen molar-refractivity contribution in [3.8, 4) is 16.9 Å². The first-order valence-electron chi connectivity index (χ1n) is 11.5. The predicted octanol–water partition coefficient (Wildman–Crippen LogP) is 7.86. The summed E-state index contributed by atoms with van der Waals surface area (Å²) in [5.41, 5.74) is 8.72. The van der Waals surface area contributed by atoms with Crippen molar-refractivity contribution < 1.29 is 4.74 Å². The number of likely N-dealkylation sites (tertiary alicyclic amines) is 1. The van der Waals surface area contributed by atoms with E-state index in [1.165, 1.54) is 71.3 Å². The van der Waals surface area contributed by atoms with Crippen LogP contribution in [0.1, 0.15) is 47.1 Å². The number of piperidine rings is 1. The Morgan fingerprint density at radius 2 is 1.72 bits per heavy atom. The maximum Gasteiger partial charge on any atom is 0.123 e. The molecule has 1 aliphatic rings. The number of hydrogen-bond acceptors (Lipinski definition) is 2. The van der Waals surface area contributed by atoms with Gasteiger partial charge in [-0.15, -0.1) is 0 Å². The van der Waals surface area contributed by atoms with E-state index in [0.29, 0.717) is 0 Å². The smallest absolute Gasteiger partial charge is 0.123 e. The largest absolute Gasteiger partial charge is 0.496 e. The van der Waals surface area contributed by atoms with Crippen LogP contribution < -0.4 is 4.74 Å². The third-order valence-corrected chi connectivity index (χ3v) is 7.13. The molecule has 0 bridgehead atoms. The molecule has 0 aliphatic carbocycles. The molecule has 1 aliphatic heterocycles. The van der Waals surface area contributed by atoms with Crippen LogP contribution in [0.5, 0.6) is 5.75 Å². The summed E-state index contributed by atoms with van der Waals surface area (Å²) >= 11 is 3.87. The molecule has 1 heterocycles. The molecule has 0 aromatic heterocycles. The average molecular weight is 490 g/mol. The lowest BCUT2D eigenvalue weighted by atomic mass is 9.95. The lowest BCUT2D eigenvalue weighted by Gasteiger charge is -2.27. The molecule has 1 saturated heterocycles. The van der Waals surface area contributed by atoms with Crippen LogP contribution in [0.4, 0.5) is 0 Å². The molecular formula is C29H32BrNO. The number of benzene rings is 3. The number of ether oxygens (including phenoxy) is 1. The Morgan fingerprint density at radius 3 is 2.44 bits per heavy atom. The van der Waals surface area contributed by atoms with Crippen molar-refractivity contribution in [2.24, 2.45) is 0 Å². The van der Waals surface area contributed by atoms with Crippen molar-refractivity contribution in [1.82, 2.24) is 4.90 Å². The number of hydrogen-bond donors (Lipinski definition) is 0. The number of aryl methyl sites for hydroxylation is 1. The Hall–Kier alpha value is -2.36. The van der Waals surface area contributed by atoms with Crippen molar-refractivity contribution in [2.75, 3.05) is 20.2 Å². The summed E-state index contributed by atoms with van der Waals surface area (Å²) in [6.45, 7) is 7.73. The summed E-state index contributed by atoms with van der Waals surface area (Å²) in [5, 5.41) is 0. The summed E-state index contributed by atoms with van der Waals surface area (Å²) in [7, 11) is 1.78. The number of rotatable bonds is 6. The first kappa shape index (κ1) is 22.8.